The van der Waals surface area contributed by atoms with Crippen molar-refractivity contribution >= 4 is 23.2 Å². The molecule has 118 valence electrons. The lowest BCUT2D eigenvalue weighted by atomic mass is 10.3. The summed E-state index contributed by atoms with van der Waals surface area (Å²) in [4.78, 5) is 11.5. The third-order valence-electron chi connectivity index (χ3n) is 2.29. The molecule has 8 heteroatoms. The standard InChI is InChI=1S/C13H16ClF3N2O2/c1-2-5-21-11-4-3-9(6-10(11)14)19-12(20)7-18-8-13(15,16)17/h3-4,6,18H,2,5,7-8H2,1H3,(H,19,20). The Kier molecular flexibility index (Phi) is 6.77. The van der Waals surface area contributed by atoms with Gasteiger partial charge in [0.15, 0.2) is 0 Å². The summed E-state index contributed by atoms with van der Waals surface area (Å²) in [7, 11) is 0. The first kappa shape index (κ1) is 17.6. The van der Waals surface area contributed by atoms with Gasteiger partial charge in [0.2, 0.25) is 5.91 Å². The highest BCUT2D eigenvalue weighted by Crippen LogP contribution is 2.27. The van der Waals surface area contributed by atoms with Crippen LogP contribution >= 0.6 is 11.6 Å². The molecule has 1 amide bonds. The predicted molar refractivity (Wildman–Crippen MR) is 74.8 cm³/mol. The average Bonchev–Trinajstić information content (AvgIpc) is 2.36. The van der Waals surface area contributed by atoms with Crippen LogP contribution in [-0.4, -0.2) is 31.8 Å². The van der Waals surface area contributed by atoms with Gasteiger partial charge in [0.05, 0.1) is 24.7 Å². The van der Waals surface area contributed by atoms with Crippen LogP contribution in [0.25, 0.3) is 0 Å². The molecule has 0 aliphatic heterocycles. The SMILES string of the molecule is CCCOc1ccc(NC(=O)CNCC(F)(F)F)cc1Cl. The Labute approximate surface area is 125 Å². The zero-order valence-corrected chi connectivity index (χ0v) is 12.1. The molecule has 4 nitrogen and oxygen atoms in total. The number of ether oxygens (including phenoxy) is 1. The minimum atomic E-state index is -4.35. The number of rotatable bonds is 7. The number of carbonyl (C=O) groups excluding carboxylic acids is 1. The van der Waals surface area contributed by atoms with E-state index in [0.717, 1.165) is 6.42 Å². The number of nitrogens with one attached hydrogen (secondary N) is 2. The number of anilines is 1. The average molecular weight is 325 g/mol. The van der Waals surface area contributed by atoms with E-state index in [1.54, 1.807) is 12.1 Å². The topological polar surface area (TPSA) is 50.4 Å². The maximum atomic E-state index is 11.9. The van der Waals surface area contributed by atoms with Crippen molar-refractivity contribution in [2.75, 3.05) is 25.0 Å². The van der Waals surface area contributed by atoms with E-state index in [4.69, 9.17) is 16.3 Å². The van der Waals surface area contributed by atoms with E-state index in [9.17, 15) is 18.0 Å². The molecule has 0 spiro atoms. The summed E-state index contributed by atoms with van der Waals surface area (Å²) >= 11 is 5.97. The maximum Gasteiger partial charge on any atom is 0.401 e. The summed E-state index contributed by atoms with van der Waals surface area (Å²) in [5.41, 5.74) is 0.391. The fraction of sp³-hybridized carbons (Fsp3) is 0.462. The van der Waals surface area contributed by atoms with E-state index < -0.39 is 25.2 Å². The van der Waals surface area contributed by atoms with Crippen molar-refractivity contribution in [1.29, 1.82) is 0 Å². The van der Waals surface area contributed by atoms with Crippen molar-refractivity contribution < 1.29 is 22.7 Å². The van der Waals surface area contributed by atoms with Gasteiger partial charge in [-0.3, -0.25) is 4.79 Å². The molecule has 0 bridgehead atoms. The monoisotopic (exact) mass is 324 g/mol. The highest BCUT2D eigenvalue weighted by atomic mass is 35.5. The van der Waals surface area contributed by atoms with Gasteiger partial charge in [-0.05, 0) is 24.6 Å². The van der Waals surface area contributed by atoms with Crippen LogP contribution in [0.1, 0.15) is 13.3 Å². The van der Waals surface area contributed by atoms with E-state index in [1.807, 2.05) is 12.2 Å². The van der Waals surface area contributed by atoms with Gasteiger partial charge in [0.1, 0.15) is 5.75 Å². The number of benzene rings is 1. The smallest absolute Gasteiger partial charge is 0.401 e. The third-order valence-corrected chi connectivity index (χ3v) is 2.58. The first-order chi connectivity index (χ1) is 9.81. The highest BCUT2D eigenvalue weighted by molar-refractivity contribution is 6.32. The molecule has 1 rings (SSSR count). The van der Waals surface area contributed by atoms with Crippen molar-refractivity contribution in [2.45, 2.75) is 19.5 Å². The molecule has 0 aliphatic rings. The quantitative estimate of drug-likeness (QED) is 0.809. The lowest BCUT2D eigenvalue weighted by Crippen LogP contribution is -2.35. The first-order valence-electron chi connectivity index (χ1n) is 6.31. The van der Waals surface area contributed by atoms with Gasteiger partial charge in [-0.1, -0.05) is 18.5 Å². The summed E-state index contributed by atoms with van der Waals surface area (Å²) in [5, 5.41) is 4.77. The van der Waals surface area contributed by atoms with E-state index in [1.165, 1.54) is 6.07 Å². The molecule has 0 saturated carbocycles. The van der Waals surface area contributed by atoms with Crippen molar-refractivity contribution in [3.63, 3.8) is 0 Å². The summed E-state index contributed by atoms with van der Waals surface area (Å²) < 4.78 is 41.1. The molecule has 21 heavy (non-hydrogen) atoms. The van der Waals surface area contributed by atoms with Gasteiger partial charge in [-0.25, -0.2) is 0 Å². The van der Waals surface area contributed by atoms with Crippen molar-refractivity contribution in [3.8, 4) is 5.75 Å². The molecule has 0 radical (unpaired) electrons. The number of hydrogen-bond donors (Lipinski definition) is 2. The molecule has 0 unspecified atom stereocenters. The Morgan fingerprint density at radius 3 is 2.67 bits per heavy atom. The molecule has 0 aromatic heterocycles. The highest BCUT2D eigenvalue weighted by Gasteiger charge is 2.26. The van der Waals surface area contributed by atoms with Gasteiger partial charge < -0.3 is 15.4 Å². The van der Waals surface area contributed by atoms with E-state index in [2.05, 4.69) is 5.32 Å². The number of halogens is 4. The van der Waals surface area contributed by atoms with Crippen LogP contribution in [0.3, 0.4) is 0 Å². The molecule has 0 fully saturated rings. The molecule has 1 aromatic carbocycles. The molecule has 0 heterocycles. The van der Waals surface area contributed by atoms with Gasteiger partial charge in [-0.15, -0.1) is 0 Å². The normalized spacial score (nSPS) is 11.3. The molecule has 2 N–H and O–H groups in total. The van der Waals surface area contributed by atoms with Crippen molar-refractivity contribution in [2.24, 2.45) is 0 Å². The molecule has 0 atom stereocenters. The van der Waals surface area contributed by atoms with Crippen molar-refractivity contribution in [1.82, 2.24) is 5.32 Å². The van der Waals surface area contributed by atoms with Crippen LogP contribution in [-0.2, 0) is 4.79 Å². The second kappa shape index (κ2) is 8.09. The van der Waals surface area contributed by atoms with Crippen LogP contribution in [0.2, 0.25) is 5.02 Å². The van der Waals surface area contributed by atoms with Crippen LogP contribution in [0.5, 0.6) is 5.75 Å². The molecular weight excluding hydrogens is 309 g/mol. The number of amides is 1. The minimum Gasteiger partial charge on any atom is -0.492 e. The van der Waals surface area contributed by atoms with Crippen LogP contribution in [0.15, 0.2) is 18.2 Å². The van der Waals surface area contributed by atoms with Gasteiger partial charge >= 0.3 is 6.18 Å². The molecule has 0 saturated heterocycles. The van der Waals surface area contributed by atoms with Crippen molar-refractivity contribution in [3.05, 3.63) is 23.2 Å². The van der Waals surface area contributed by atoms with E-state index >= 15 is 0 Å². The summed E-state index contributed by atoms with van der Waals surface area (Å²) in [6.45, 7) is 0.819. The minimum absolute atomic E-state index is 0.324. The summed E-state index contributed by atoms with van der Waals surface area (Å²) in [5.74, 6) is -0.0933. The number of hydrogen-bond acceptors (Lipinski definition) is 3. The van der Waals surface area contributed by atoms with E-state index in [-0.39, 0.29) is 0 Å². The maximum absolute atomic E-state index is 11.9. The van der Waals surface area contributed by atoms with Crippen LogP contribution < -0.4 is 15.4 Å². The van der Waals surface area contributed by atoms with Crippen LogP contribution in [0, 0.1) is 0 Å². The predicted octanol–water partition coefficient (Wildman–Crippen LogP) is 3.22. The van der Waals surface area contributed by atoms with E-state index in [0.29, 0.717) is 23.1 Å². The van der Waals surface area contributed by atoms with Gasteiger partial charge in [0.25, 0.3) is 0 Å². The Morgan fingerprint density at radius 1 is 1.38 bits per heavy atom. The Hall–Kier alpha value is -1.47. The Bertz CT molecular complexity index is 481. The lowest BCUT2D eigenvalue weighted by molar-refractivity contribution is -0.126. The second-order valence-electron chi connectivity index (χ2n) is 4.26. The summed E-state index contributed by atoms with van der Waals surface area (Å²) in [6.07, 6.45) is -3.51. The van der Waals surface area contributed by atoms with Gasteiger partial charge in [0, 0.05) is 5.69 Å². The lowest BCUT2D eigenvalue weighted by Gasteiger charge is -2.11. The summed E-state index contributed by atoms with van der Waals surface area (Å²) in [6, 6.07) is 4.64. The molecule has 1 aromatic rings. The fourth-order valence-electron chi connectivity index (χ4n) is 1.43. The Balaban J connectivity index is 2.47. The largest absolute Gasteiger partial charge is 0.492 e. The zero-order valence-electron chi connectivity index (χ0n) is 11.4. The zero-order chi connectivity index (χ0) is 15.9. The number of alkyl halides is 3. The fourth-order valence-corrected chi connectivity index (χ4v) is 1.67. The number of carbonyl (C=O) groups is 1. The third kappa shape index (κ3) is 7.19. The van der Waals surface area contributed by atoms with Gasteiger partial charge in [-0.2, -0.15) is 13.2 Å². The second-order valence-corrected chi connectivity index (χ2v) is 4.67. The van der Waals surface area contributed by atoms with Crippen LogP contribution in [0.4, 0.5) is 18.9 Å². The Morgan fingerprint density at radius 2 is 2.10 bits per heavy atom. The molecule has 0 aliphatic carbocycles. The first-order valence-corrected chi connectivity index (χ1v) is 6.69. The molecular formula is C13H16ClF3N2O2.